The topological polar surface area (TPSA) is 47.6 Å². The minimum absolute atomic E-state index is 0.148. The maximum absolute atomic E-state index is 13.2. The Morgan fingerprint density at radius 3 is 2.17 bits per heavy atom. The molecule has 1 N–H and O–H groups in total. The fourth-order valence-electron chi connectivity index (χ4n) is 3.14. The van der Waals surface area contributed by atoms with E-state index in [2.05, 4.69) is 5.32 Å². The summed E-state index contributed by atoms with van der Waals surface area (Å²) in [5, 5.41) is 3.10. The molecule has 0 aromatic heterocycles. The van der Waals surface area contributed by atoms with Crippen LogP contribution in [0.2, 0.25) is 0 Å². The van der Waals surface area contributed by atoms with Crippen LogP contribution in [0.1, 0.15) is 29.7 Å². The van der Waals surface area contributed by atoms with Crippen LogP contribution in [0.5, 0.6) is 11.5 Å². The third-order valence-electron chi connectivity index (χ3n) is 4.71. The van der Waals surface area contributed by atoms with Crippen LogP contribution in [0.25, 0.3) is 11.6 Å². The number of para-hydroxylation sites is 1. The Hall–Kier alpha value is -3.53. The molecule has 1 atom stereocenters. The summed E-state index contributed by atoms with van der Waals surface area (Å²) in [5.41, 5.74) is 3.30. The van der Waals surface area contributed by atoms with E-state index in [9.17, 15) is 4.79 Å². The Balaban J connectivity index is 1.91. The Kier molecular flexibility index (Phi) is 6.69. The molecule has 29 heavy (non-hydrogen) atoms. The molecular weight excluding hydrogens is 362 g/mol. The molecule has 4 heteroatoms. The lowest BCUT2D eigenvalue weighted by Crippen LogP contribution is -2.27. The molecule has 3 aromatic rings. The van der Waals surface area contributed by atoms with E-state index in [4.69, 9.17) is 9.47 Å². The van der Waals surface area contributed by atoms with Gasteiger partial charge >= 0.3 is 0 Å². The number of hydrogen-bond donors (Lipinski definition) is 1. The number of hydrogen-bond acceptors (Lipinski definition) is 3. The van der Waals surface area contributed by atoms with Crippen molar-refractivity contribution in [3.63, 3.8) is 0 Å². The molecule has 0 unspecified atom stereocenters. The highest BCUT2D eigenvalue weighted by Gasteiger charge is 2.18. The number of rotatable bonds is 7. The van der Waals surface area contributed by atoms with Crippen LogP contribution in [0, 0.1) is 0 Å². The first kappa shape index (κ1) is 20.2. The molecule has 0 saturated carbocycles. The lowest BCUT2D eigenvalue weighted by atomic mass is 10.0. The second-order valence-corrected chi connectivity index (χ2v) is 6.63. The summed E-state index contributed by atoms with van der Waals surface area (Å²) < 4.78 is 10.7. The number of methoxy groups -OCH3 is 2. The van der Waals surface area contributed by atoms with E-state index < -0.39 is 0 Å². The standard InChI is InChI=1S/C25H25NO3/c1-18(22-11-7-8-12-24(22)29-3)26-25(27)23(20-9-5-4-6-10-20)17-19-13-15-21(28-2)16-14-19/h4-18H,1-3H3,(H,26,27)/b23-17+/t18-/m1/s1. The second kappa shape index (κ2) is 9.60. The monoisotopic (exact) mass is 387 g/mol. The van der Waals surface area contributed by atoms with Gasteiger partial charge in [-0.05, 0) is 42.3 Å². The molecule has 0 aliphatic heterocycles. The second-order valence-electron chi connectivity index (χ2n) is 6.63. The van der Waals surface area contributed by atoms with Gasteiger partial charge in [-0.1, -0.05) is 60.7 Å². The van der Waals surface area contributed by atoms with Gasteiger partial charge in [0.15, 0.2) is 0 Å². The summed E-state index contributed by atoms with van der Waals surface area (Å²) in [5.74, 6) is 1.38. The molecule has 0 aliphatic carbocycles. The largest absolute Gasteiger partial charge is 0.497 e. The summed E-state index contributed by atoms with van der Waals surface area (Å²) in [6.07, 6.45) is 1.89. The van der Waals surface area contributed by atoms with Gasteiger partial charge in [-0.3, -0.25) is 4.79 Å². The molecule has 1 amide bonds. The van der Waals surface area contributed by atoms with Crippen molar-refractivity contribution in [3.8, 4) is 11.5 Å². The van der Waals surface area contributed by atoms with Crippen LogP contribution >= 0.6 is 0 Å². The molecule has 0 heterocycles. The summed E-state index contributed by atoms with van der Waals surface area (Å²) in [6, 6.07) is 24.8. The van der Waals surface area contributed by atoms with E-state index in [0.717, 1.165) is 28.2 Å². The van der Waals surface area contributed by atoms with Crippen LogP contribution in [-0.4, -0.2) is 20.1 Å². The van der Waals surface area contributed by atoms with Crippen molar-refractivity contribution in [1.82, 2.24) is 5.32 Å². The lowest BCUT2D eigenvalue weighted by Gasteiger charge is -2.18. The van der Waals surface area contributed by atoms with Crippen LogP contribution in [-0.2, 0) is 4.79 Å². The van der Waals surface area contributed by atoms with Gasteiger partial charge in [0, 0.05) is 11.1 Å². The fourth-order valence-corrected chi connectivity index (χ4v) is 3.14. The summed E-state index contributed by atoms with van der Waals surface area (Å²) >= 11 is 0. The molecule has 0 aliphatic rings. The normalized spacial score (nSPS) is 12.2. The van der Waals surface area contributed by atoms with E-state index in [1.165, 1.54) is 0 Å². The highest BCUT2D eigenvalue weighted by atomic mass is 16.5. The number of carbonyl (C=O) groups excluding carboxylic acids is 1. The van der Waals surface area contributed by atoms with E-state index in [1.807, 2.05) is 91.9 Å². The SMILES string of the molecule is COc1ccc(/C=C(/C(=O)N[C@H](C)c2ccccc2OC)c2ccccc2)cc1. The van der Waals surface area contributed by atoms with Crippen molar-refractivity contribution in [2.45, 2.75) is 13.0 Å². The predicted octanol–water partition coefficient (Wildman–Crippen LogP) is 5.12. The van der Waals surface area contributed by atoms with Crippen LogP contribution in [0.15, 0.2) is 78.9 Å². The van der Waals surface area contributed by atoms with E-state index >= 15 is 0 Å². The van der Waals surface area contributed by atoms with Gasteiger partial charge in [-0.15, -0.1) is 0 Å². The molecule has 0 saturated heterocycles. The smallest absolute Gasteiger partial charge is 0.252 e. The minimum atomic E-state index is -0.207. The van der Waals surface area contributed by atoms with Gasteiger partial charge in [0.05, 0.1) is 20.3 Å². The molecule has 0 spiro atoms. The summed E-state index contributed by atoms with van der Waals surface area (Å²) in [7, 11) is 3.26. The molecule has 0 fully saturated rings. The Morgan fingerprint density at radius 1 is 0.862 bits per heavy atom. The van der Waals surface area contributed by atoms with Gasteiger partial charge in [0.25, 0.3) is 5.91 Å². The summed E-state index contributed by atoms with van der Waals surface area (Å²) in [6.45, 7) is 1.95. The number of nitrogens with one attached hydrogen (secondary N) is 1. The Morgan fingerprint density at radius 2 is 1.52 bits per heavy atom. The average Bonchev–Trinajstić information content (AvgIpc) is 2.78. The fraction of sp³-hybridized carbons (Fsp3) is 0.160. The van der Waals surface area contributed by atoms with E-state index in [0.29, 0.717) is 5.57 Å². The van der Waals surface area contributed by atoms with E-state index in [1.54, 1.807) is 14.2 Å². The minimum Gasteiger partial charge on any atom is -0.497 e. The van der Waals surface area contributed by atoms with Crippen LogP contribution in [0.3, 0.4) is 0 Å². The van der Waals surface area contributed by atoms with Crippen molar-refractivity contribution in [2.24, 2.45) is 0 Å². The first-order valence-electron chi connectivity index (χ1n) is 9.47. The number of carbonyl (C=O) groups is 1. The number of amides is 1. The van der Waals surface area contributed by atoms with Crippen LogP contribution in [0.4, 0.5) is 0 Å². The zero-order valence-corrected chi connectivity index (χ0v) is 16.9. The van der Waals surface area contributed by atoms with Crippen molar-refractivity contribution in [1.29, 1.82) is 0 Å². The summed E-state index contributed by atoms with van der Waals surface area (Å²) in [4.78, 5) is 13.2. The Labute approximate surface area is 171 Å². The van der Waals surface area contributed by atoms with Crippen LogP contribution < -0.4 is 14.8 Å². The van der Waals surface area contributed by atoms with Crippen molar-refractivity contribution in [2.75, 3.05) is 14.2 Å². The number of ether oxygens (including phenoxy) is 2. The number of benzene rings is 3. The molecule has 4 nitrogen and oxygen atoms in total. The third-order valence-corrected chi connectivity index (χ3v) is 4.71. The molecule has 3 aromatic carbocycles. The van der Waals surface area contributed by atoms with Crippen molar-refractivity contribution < 1.29 is 14.3 Å². The van der Waals surface area contributed by atoms with Gasteiger partial charge in [-0.2, -0.15) is 0 Å². The zero-order chi connectivity index (χ0) is 20.6. The first-order valence-corrected chi connectivity index (χ1v) is 9.47. The Bertz CT molecular complexity index is 978. The highest BCUT2D eigenvalue weighted by molar-refractivity contribution is 6.24. The predicted molar refractivity (Wildman–Crippen MR) is 117 cm³/mol. The van der Waals surface area contributed by atoms with Crippen molar-refractivity contribution >= 4 is 17.6 Å². The zero-order valence-electron chi connectivity index (χ0n) is 16.9. The highest BCUT2D eigenvalue weighted by Crippen LogP contribution is 2.26. The maximum Gasteiger partial charge on any atom is 0.252 e. The molecule has 0 bridgehead atoms. The molecule has 148 valence electrons. The van der Waals surface area contributed by atoms with Gasteiger partial charge in [-0.25, -0.2) is 0 Å². The third kappa shape index (κ3) is 5.05. The first-order chi connectivity index (χ1) is 14.1. The molecule has 3 rings (SSSR count). The average molecular weight is 387 g/mol. The molecular formula is C25H25NO3. The van der Waals surface area contributed by atoms with Crippen molar-refractivity contribution in [3.05, 3.63) is 95.6 Å². The van der Waals surface area contributed by atoms with Gasteiger partial charge < -0.3 is 14.8 Å². The maximum atomic E-state index is 13.2. The van der Waals surface area contributed by atoms with Gasteiger partial charge in [0.2, 0.25) is 0 Å². The quantitative estimate of drug-likeness (QED) is 0.452. The molecule has 0 radical (unpaired) electrons. The lowest BCUT2D eigenvalue weighted by molar-refractivity contribution is -0.116. The van der Waals surface area contributed by atoms with E-state index in [-0.39, 0.29) is 11.9 Å². The van der Waals surface area contributed by atoms with Gasteiger partial charge in [0.1, 0.15) is 11.5 Å².